The summed E-state index contributed by atoms with van der Waals surface area (Å²) in [5, 5.41) is 0.783. The van der Waals surface area contributed by atoms with Crippen molar-refractivity contribution < 1.29 is 4.79 Å². The van der Waals surface area contributed by atoms with Gasteiger partial charge in [-0.1, -0.05) is 21.5 Å². The number of aldehydes is 1. The number of allylic oxidation sites excluding steroid dienone is 2. The van der Waals surface area contributed by atoms with Gasteiger partial charge in [0, 0.05) is 5.33 Å². The molecule has 1 nitrogen and oxygen atoms in total. The van der Waals surface area contributed by atoms with Crippen LogP contribution < -0.4 is 0 Å². The number of carbonyl (C=O) groups excluding carboxylic acids is 1. The molecule has 0 radical (unpaired) electrons. The van der Waals surface area contributed by atoms with E-state index in [4.69, 9.17) is 0 Å². The van der Waals surface area contributed by atoms with Crippen LogP contribution in [0.1, 0.15) is 6.92 Å². The summed E-state index contributed by atoms with van der Waals surface area (Å²) in [6.45, 7) is 1.89. The third-order valence-corrected chi connectivity index (χ3v) is 1.45. The molecule has 7 heavy (non-hydrogen) atoms. The minimum atomic E-state index is 0.783. The smallest absolute Gasteiger partial charge is 0.142 e. The van der Waals surface area contributed by atoms with Gasteiger partial charge < -0.3 is 0 Å². The van der Waals surface area contributed by atoms with Crippen molar-refractivity contribution in [3.63, 3.8) is 0 Å². The Morgan fingerprint density at radius 3 is 2.57 bits per heavy atom. The fourth-order valence-corrected chi connectivity index (χ4v) is 0.348. The van der Waals surface area contributed by atoms with E-state index in [1.807, 2.05) is 6.92 Å². The molecule has 0 rings (SSSR count). The first-order chi connectivity index (χ1) is 3.31. The molecule has 0 saturated carbocycles. The van der Waals surface area contributed by atoms with Crippen molar-refractivity contribution in [1.29, 1.82) is 0 Å². The van der Waals surface area contributed by atoms with Crippen LogP contribution in [0.3, 0.4) is 0 Å². The van der Waals surface area contributed by atoms with E-state index in [0.29, 0.717) is 0 Å². The quantitative estimate of drug-likeness (QED) is 0.342. The van der Waals surface area contributed by atoms with Crippen molar-refractivity contribution in [1.82, 2.24) is 0 Å². The topological polar surface area (TPSA) is 17.1 Å². The van der Waals surface area contributed by atoms with Crippen LogP contribution >= 0.6 is 15.9 Å². The molecule has 0 spiro atoms. The van der Waals surface area contributed by atoms with Gasteiger partial charge in [0.05, 0.1) is 0 Å². The molecular formula is C5H7BrO. The third-order valence-electron chi connectivity index (χ3n) is 0.563. The molecule has 0 fully saturated rings. The number of alkyl halides is 1. The third kappa shape index (κ3) is 3.73. The highest BCUT2D eigenvalue weighted by atomic mass is 79.9. The van der Waals surface area contributed by atoms with Gasteiger partial charge in [-0.3, -0.25) is 4.79 Å². The van der Waals surface area contributed by atoms with Crippen LogP contribution in [0.2, 0.25) is 0 Å². The fraction of sp³-hybridized carbons (Fsp3) is 0.400. The lowest BCUT2D eigenvalue weighted by molar-refractivity contribution is -0.104. The predicted octanol–water partition coefficient (Wildman–Crippen LogP) is 1.53. The first-order valence-corrected chi connectivity index (χ1v) is 3.10. The van der Waals surface area contributed by atoms with E-state index in [9.17, 15) is 4.79 Å². The summed E-state index contributed by atoms with van der Waals surface area (Å²) in [5.41, 5.74) is 1.05. The second-order valence-electron chi connectivity index (χ2n) is 1.28. The fourth-order valence-electron chi connectivity index (χ4n) is 0.161. The molecule has 0 amide bonds. The zero-order valence-electron chi connectivity index (χ0n) is 4.15. The molecule has 0 heterocycles. The number of hydrogen-bond donors (Lipinski definition) is 0. The van der Waals surface area contributed by atoms with Crippen LogP contribution in [0.5, 0.6) is 0 Å². The van der Waals surface area contributed by atoms with Crippen LogP contribution in [0.15, 0.2) is 11.6 Å². The van der Waals surface area contributed by atoms with Crippen molar-refractivity contribution in [2.75, 3.05) is 5.33 Å². The Morgan fingerprint density at radius 1 is 1.86 bits per heavy atom. The normalized spacial score (nSPS) is 11.4. The Labute approximate surface area is 51.5 Å². The summed E-state index contributed by atoms with van der Waals surface area (Å²) in [5.74, 6) is 0. The molecule has 0 aliphatic carbocycles. The predicted molar refractivity (Wildman–Crippen MR) is 33.6 cm³/mol. The lowest BCUT2D eigenvalue weighted by Crippen LogP contribution is -1.74. The Kier molecular flexibility index (Phi) is 4.00. The minimum Gasteiger partial charge on any atom is -0.299 e. The molecule has 0 bridgehead atoms. The highest BCUT2D eigenvalue weighted by Crippen LogP contribution is 1.93. The van der Waals surface area contributed by atoms with Gasteiger partial charge in [0.1, 0.15) is 6.29 Å². The Balaban J connectivity index is 3.49. The molecule has 0 N–H and O–H groups in total. The molecule has 0 atom stereocenters. The van der Waals surface area contributed by atoms with Gasteiger partial charge in [0.2, 0.25) is 0 Å². The molecule has 0 saturated heterocycles. The molecule has 0 aromatic rings. The van der Waals surface area contributed by atoms with Gasteiger partial charge in [-0.15, -0.1) is 0 Å². The van der Waals surface area contributed by atoms with Gasteiger partial charge in [-0.2, -0.15) is 0 Å². The second kappa shape index (κ2) is 4.06. The van der Waals surface area contributed by atoms with Crippen molar-refractivity contribution in [2.45, 2.75) is 6.92 Å². The molecule has 0 aliphatic rings. The van der Waals surface area contributed by atoms with E-state index in [1.54, 1.807) is 0 Å². The van der Waals surface area contributed by atoms with Gasteiger partial charge >= 0.3 is 0 Å². The highest BCUT2D eigenvalue weighted by Gasteiger charge is 1.78. The average molecular weight is 163 g/mol. The number of halogens is 1. The second-order valence-corrected chi connectivity index (χ2v) is 1.84. The average Bonchev–Trinajstić information content (AvgIpc) is 1.68. The maximum atomic E-state index is 9.68. The lowest BCUT2D eigenvalue weighted by Gasteiger charge is -1.82. The summed E-state index contributed by atoms with van der Waals surface area (Å²) in [4.78, 5) is 9.68. The highest BCUT2D eigenvalue weighted by molar-refractivity contribution is 9.09. The van der Waals surface area contributed by atoms with Crippen LogP contribution in [0.25, 0.3) is 0 Å². The van der Waals surface area contributed by atoms with E-state index < -0.39 is 0 Å². The van der Waals surface area contributed by atoms with Crippen LogP contribution in [0.4, 0.5) is 0 Å². The van der Waals surface area contributed by atoms with E-state index in [1.165, 1.54) is 6.08 Å². The van der Waals surface area contributed by atoms with E-state index in [0.717, 1.165) is 17.2 Å². The van der Waals surface area contributed by atoms with Crippen LogP contribution in [0, 0.1) is 0 Å². The monoisotopic (exact) mass is 162 g/mol. The Hall–Kier alpha value is -0.110. The SMILES string of the molecule is CC(=CC=O)CBr. The molecular weight excluding hydrogens is 156 g/mol. The summed E-state index contributed by atoms with van der Waals surface area (Å²) < 4.78 is 0. The summed E-state index contributed by atoms with van der Waals surface area (Å²) in [6, 6.07) is 0. The first kappa shape index (κ1) is 6.89. The largest absolute Gasteiger partial charge is 0.299 e. The zero-order valence-corrected chi connectivity index (χ0v) is 5.73. The maximum Gasteiger partial charge on any atom is 0.142 e. The first-order valence-electron chi connectivity index (χ1n) is 1.98. The number of rotatable bonds is 2. The molecule has 0 aromatic heterocycles. The summed E-state index contributed by atoms with van der Waals surface area (Å²) in [6.07, 6.45) is 2.32. The summed E-state index contributed by atoms with van der Waals surface area (Å²) >= 11 is 3.19. The Bertz CT molecular complexity index is 86.1. The van der Waals surface area contributed by atoms with Gasteiger partial charge in [0.25, 0.3) is 0 Å². The van der Waals surface area contributed by atoms with E-state index in [-0.39, 0.29) is 0 Å². The van der Waals surface area contributed by atoms with Gasteiger partial charge in [0.15, 0.2) is 0 Å². The standard InChI is InChI=1S/C5H7BrO/c1-5(4-6)2-3-7/h2-3H,4H2,1H3. The maximum absolute atomic E-state index is 9.68. The number of hydrogen-bond acceptors (Lipinski definition) is 1. The van der Waals surface area contributed by atoms with Crippen LogP contribution in [-0.4, -0.2) is 11.6 Å². The van der Waals surface area contributed by atoms with E-state index in [2.05, 4.69) is 15.9 Å². The summed E-state index contributed by atoms with van der Waals surface area (Å²) in [7, 11) is 0. The molecule has 2 heteroatoms. The van der Waals surface area contributed by atoms with Gasteiger partial charge in [-0.05, 0) is 13.0 Å². The number of carbonyl (C=O) groups is 1. The molecule has 40 valence electrons. The van der Waals surface area contributed by atoms with Crippen molar-refractivity contribution in [3.8, 4) is 0 Å². The van der Waals surface area contributed by atoms with Crippen molar-refractivity contribution in [3.05, 3.63) is 11.6 Å². The molecule has 0 aromatic carbocycles. The van der Waals surface area contributed by atoms with Crippen molar-refractivity contribution >= 4 is 22.2 Å². The molecule has 0 aliphatic heterocycles. The lowest BCUT2D eigenvalue weighted by atomic mass is 10.3. The van der Waals surface area contributed by atoms with Gasteiger partial charge in [-0.25, -0.2) is 0 Å². The van der Waals surface area contributed by atoms with Crippen molar-refractivity contribution in [2.24, 2.45) is 0 Å². The van der Waals surface area contributed by atoms with Crippen LogP contribution in [-0.2, 0) is 4.79 Å². The van der Waals surface area contributed by atoms with E-state index >= 15 is 0 Å². The zero-order chi connectivity index (χ0) is 5.70. The molecule has 0 unspecified atom stereocenters. The Morgan fingerprint density at radius 2 is 2.43 bits per heavy atom. The minimum absolute atomic E-state index is 0.783.